The Morgan fingerprint density at radius 1 is 0.456 bits per heavy atom. The molecule has 0 fully saturated rings. The predicted molar refractivity (Wildman–Crippen MR) is 289 cm³/mol. The molecule has 0 aliphatic rings. The predicted octanol–water partition coefficient (Wildman–Crippen LogP) is 17.1. The highest BCUT2D eigenvalue weighted by molar-refractivity contribution is 5.72. The molecule has 0 aromatic heterocycles. The molecule has 0 aliphatic heterocycles. The van der Waals surface area contributed by atoms with Crippen molar-refractivity contribution < 1.29 is 38.2 Å². The van der Waals surface area contributed by atoms with Crippen LogP contribution in [0.4, 0.5) is 0 Å². The minimum Gasteiger partial charge on any atom is -0.477 e. The van der Waals surface area contributed by atoms with E-state index in [9.17, 15) is 19.5 Å². The minimum atomic E-state index is -0.874. The van der Waals surface area contributed by atoms with Crippen LogP contribution >= 0.6 is 0 Å². The Bertz CT molecular complexity index is 1250. The van der Waals surface area contributed by atoms with E-state index >= 15 is 0 Å². The van der Waals surface area contributed by atoms with Crippen LogP contribution in [0.2, 0.25) is 0 Å². The van der Waals surface area contributed by atoms with Crippen LogP contribution in [0.1, 0.15) is 264 Å². The van der Waals surface area contributed by atoms with Crippen molar-refractivity contribution in [3.63, 3.8) is 0 Å². The van der Waals surface area contributed by atoms with Gasteiger partial charge in [0, 0.05) is 19.3 Å². The van der Waals surface area contributed by atoms with Crippen molar-refractivity contribution in [2.75, 3.05) is 41.0 Å². The second-order valence-corrected chi connectivity index (χ2v) is 20.5. The summed E-state index contributed by atoms with van der Waals surface area (Å²) < 4.78 is 17.4. The monoisotopic (exact) mass is 957 g/mol. The van der Waals surface area contributed by atoms with Gasteiger partial charge in [0.25, 0.3) is 0 Å². The molecule has 0 saturated heterocycles. The van der Waals surface area contributed by atoms with E-state index in [1.165, 1.54) is 173 Å². The van der Waals surface area contributed by atoms with Gasteiger partial charge in [-0.2, -0.15) is 0 Å². The lowest BCUT2D eigenvalue weighted by Crippen LogP contribution is -2.50. The van der Waals surface area contributed by atoms with Crippen LogP contribution < -0.4 is 0 Å². The summed E-state index contributed by atoms with van der Waals surface area (Å²) in [7, 11) is 5.54. The van der Waals surface area contributed by atoms with E-state index in [1.54, 1.807) is 0 Å². The average Bonchev–Trinajstić information content (AvgIpc) is 3.30. The van der Waals surface area contributed by atoms with Gasteiger partial charge < -0.3 is 23.8 Å². The maximum absolute atomic E-state index is 12.8. The van der Waals surface area contributed by atoms with E-state index in [0.717, 1.165) is 57.8 Å². The zero-order valence-electron chi connectivity index (χ0n) is 45.3. The number of carboxylic acid groups (broad SMARTS) is 1. The molecular weight excluding hydrogens is 847 g/mol. The summed E-state index contributed by atoms with van der Waals surface area (Å²) in [4.78, 5) is 37.3. The van der Waals surface area contributed by atoms with E-state index in [4.69, 9.17) is 14.2 Å². The van der Waals surface area contributed by atoms with Crippen molar-refractivity contribution in [2.45, 2.75) is 276 Å². The summed E-state index contributed by atoms with van der Waals surface area (Å²) in [6, 6.07) is -0.617. The second-order valence-electron chi connectivity index (χ2n) is 20.5. The number of quaternary nitrogens is 1. The van der Waals surface area contributed by atoms with E-state index in [2.05, 4.69) is 62.5 Å². The Labute approximate surface area is 420 Å². The van der Waals surface area contributed by atoms with Crippen molar-refractivity contribution in [2.24, 2.45) is 0 Å². The number of esters is 2. The summed E-state index contributed by atoms with van der Waals surface area (Å²) in [6.45, 7) is 4.66. The van der Waals surface area contributed by atoms with E-state index < -0.39 is 18.1 Å². The fourth-order valence-corrected chi connectivity index (χ4v) is 8.57. The molecule has 2 unspecified atom stereocenters. The van der Waals surface area contributed by atoms with Gasteiger partial charge in [-0.25, -0.2) is 4.79 Å². The van der Waals surface area contributed by atoms with Crippen LogP contribution in [0.5, 0.6) is 0 Å². The zero-order valence-corrected chi connectivity index (χ0v) is 45.3. The number of carboxylic acids is 1. The molecule has 2 atom stereocenters. The van der Waals surface area contributed by atoms with Gasteiger partial charge in [-0.05, 0) is 70.6 Å². The second kappa shape index (κ2) is 50.7. The Hall–Kier alpha value is -2.71. The highest BCUT2D eigenvalue weighted by Gasteiger charge is 2.31. The summed E-state index contributed by atoms with van der Waals surface area (Å²) in [6.07, 6.45) is 63.2. The molecule has 0 bridgehead atoms. The van der Waals surface area contributed by atoms with E-state index in [-0.39, 0.29) is 36.2 Å². The third-order valence-electron chi connectivity index (χ3n) is 13.0. The van der Waals surface area contributed by atoms with Crippen molar-refractivity contribution in [3.8, 4) is 0 Å². The van der Waals surface area contributed by atoms with Gasteiger partial charge in [0.1, 0.15) is 6.61 Å². The quantitative estimate of drug-likeness (QED) is 0.0281. The largest absolute Gasteiger partial charge is 0.477 e. The fraction of sp³-hybridized carbons (Fsp3) is 0.817. The van der Waals surface area contributed by atoms with Crippen LogP contribution in [0, 0.1) is 0 Å². The Kier molecular flexibility index (Phi) is 48.7. The highest BCUT2D eigenvalue weighted by Crippen LogP contribution is 2.16. The first kappa shape index (κ1) is 65.3. The molecule has 0 saturated carbocycles. The molecule has 8 nitrogen and oxygen atoms in total. The average molecular weight is 958 g/mol. The summed E-state index contributed by atoms with van der Waals surface area (Å²) in [5, 5.41) is 9.68. The summed E-state index contributed by atoms with van der Waals surface area (Å²) >= 11 is 0. The Balaban J connectivity index is 4.17. The van der Waals surface area contributed by atoms with Crippen molar-refractivity contribution in [3.05, 3.63) is 48.6 Å². The molecule has 396 valence electrons. The van der Waals surface area contributed by atoms with Gasteiger partial charge in [0.15, 0.2) is 12.1 Å². The topological polar surface area (TPSA) is 99.1 Å². The molecule has 0 amide bonds. The molecule has 8 heteroatoms. The number of ether oxygens (including phenoxy) is 3. The van der Waals surface area contributed by atoms with Crippen molar-refractivity contribution in [1.29, 1.82) is 0 Å². The van der Waals surface area contributed by atoms with Crippen molar-refractivity contribution >= 4 is 17.9 Å². The van der Waals surface area contributed by atoms with Gasteiger partial charge in [-0.1, -0.05) is 223 Å². The smallest absolute Gasteiger partial charge is 0.362 e. The lowest BCUT2D eigenvalue weighted by molar-refractivity contribution is -0.887. The normalized spacial score (nSPS) is 13.1. The van der Waals surface area contributed by atoms with E-state index in [1.807, 2.05) is 21.1 Å². The molecule has 68 heavy (non-hydrogen) atoms. The molecule has 0 aromatic rings. The molecule has 0 heterocycles. The number of nitrogens with zero attached hydrogens (tertiary/aromatic N) is 1. The highest BCUT2D eigenvalue weighted by atomic mass is 16.6. The minimum absolute atomic E-state index is 0.0530. The number of rotatable bonds is 52. The number of aliphatic carboxylic acids is 1. The number of likely N-dealkylation sites (N-methyl/N-ethyl adjacent to an activating group) is 1. The van der Waals surface area contributed by atoms with Gasteiger partial charge in [0.05, 0.1) is 34.4 Å². The lowest BCUT2D eigenvalue weighted by Gasteiger charge is -2.31. The van der Waals surface area contributed by atoms with Gasteiger partial charge in [0.2, 0.25) is 0 Å². The van der Waals surface area contributed by atoms with E-state index in [0.29, 0.717) is 19.3 Å². The number of hydrogen-bond donors (Lipinski definition) is 1. The maximum atomic E-state index is 12.8. The summed E-state index contributed by atoms with van der Waals surface area (Å²) in [5.74, 6) is -1.46. The molecular formula is C60H110NO7+. The Morgan fingerprint density at radius 3 is 1.24 bits per heavy atom. The standard InChI is InChI=1S/C60H109NO7/c1-6-8-10-12-14-16-18-20-22-24-26-28-29-31-33-35-37-39-41-43-45-47-49-51-59(63)68-56(54-66-53-52-57(60(64)65)61(3,4)5)55-67-58(62)50-48-46-44-42-40-38-36-34-32-30-27-25-23-21-19-17-15-13-11-9-7-2/h9,11,15,17,21,23,31,33,56-57H,6-8,10,12-14,16,18-20,22,24-30,32,34-55H2,1-5H3/p+1/b11-9+,17-15+,23-21+,33-31+. The SMILES string of the molecule is CC/C=C/C/C=C/C/C=C/CCCCCCCCCCCCCC(=O)OCC(COCCC(C(=O)O)[N+](C)(C)C)OC(=O)CCCCCCCCC/C=C/CCCCCCCCCCCCCC. The fourth-order valence-electron chi connectivity index (χ4n) is 8.57. The first-order valence-electron chi connectivity index (χ1n) is 28.7. The van der Waals surface area contributed by atoms with Gasteiger partial charge in [-0.3, -0.25) is 9.59 Å². The molecule has 1 N–H and O–H groups in total. The third-order valence-corrected chi connectivity index (χ3v) is 13.0. The van der Waals surface area contributed by atoms with Gasteiger partial charge >= 0.3 is 17.9 Å². The summed E-state index contributed by atoms with van der Waals surface area (Å²) in [5.41, 5.74) is 0. The number of carbonyl (C=O) groups is 3. The molecule has 0 rings (SSSR count). The third kappa shape index (κ3) is 48.3. The maximum Gasteiger partial charge on any atom is 0.362 e. The van der Waals surface area contributed by atoms with Gasteiger partial charge in [-0.15, -0.1) is 0 Å². The first-order chi connectivity index (χ1) is 33.1. The van der Waals surface area contributed by atoms with Crippen molar-refractivity contribution in [1.82, 2.24) is 0 Å². The van der Waals surface area contributed by atoms with Crippen LogP contribution in [-0.2, 0) is 28.6 Å². The first-order valence-corrected chi connectivity index (χ1v) is 28.7. The molecule has 0 aliphatic carbocycles. The zero-order chi connectivity index (χ0) is 49.9. The van der Waals surface area contributed by atoms with Crippen LogP contribution in [0.3, 0.4) is 0 Å². The molecule has 0 radical (unpaired) electrons. The molecule has 0 aromatic carbocycles. The molecule has 0 spiro atoms. The Morgan fingerprint density at radius 2 is 0.824 bits per heavy atom. The van der Waals surface area contributed by atoms with Crippen LogP contribution in [0.15, 0.2) is 48.6 Å². The number of allylic oxidation sites excluding steroid dienone is 8. The number of hydrogen-bond acceptors (Lipinski definition) is 6. The number of carbonyl (C=O) groups excluding carboxylic acids is 2. The van der Waals surface area contributed by atoms with Crippen LogP contribution in [0.25, 0.3) is 0 Å². The lowest BCUT2D eigenvalue weighted by atomic mass is 10.0. The number of unbranched alkanes of at least 4 members (excludes halogenated alkanes) is 30. The van der Waals surface area contributed by atoms with Crippen LogP contribution in [-0.4, -0.2) is 80.6 Å².